The largest absolute Gasteiger partial charge is 3.00 e. The number of pyridine rings is 12. The fourth-order valence-corrected chi connectivity index (χ4v) is 20.1. The number of benzene rings is 6. The van der Waals surface area contributed by atoms with Crippen molar-refractivity contribution in [1.29, 1.82) is 0 Å². The minimum atomic E-state index is 0. The maximum atomic E-state index is 5.58. The normalized spacial score (nSPS) is 16.5. The van der Waals surface area contributed by atoms with Crippen LogP contribution in [0.5, 0.6) is 0 Å². The van der Waals surface area contributed by atoms with Crippen LogP contribution in [0.4, 0.5) is 0 Å². The minimum Gasteiger partial charge on any atom is -0.257 e. The van der Waals surface area contributed by atoms with Gasteiger partial charge >= 0.3 is 39.9 Å². The zero-order chi connectivity index (χ0) is 87.2. The fourth-order valence-electron chi connectivity index (χ4n) is 20.1. The SMILES string of the molecule is [Ir+3].[Os+2].[Re].[c-]1c2cccc1C1CCC3c4cccc(n4)C4CCC(c5[c-]c1ccc5)c1[c-]c(ccc1)-[n+]1c(cccc13)C(CC2)c1cccc4n1.[c-]1c2cccc1Cc1cccc(n1)Cc1[c-]c(ccc1)C2.[c-]1c2cccc1Cc1cccc(n1)Cc1cccc(n1)C2.c1cc2nc(c1)Cc1cccc(n1)Cc1cccc(n1)C2.c1cc2nc(c1)Cc1cccc(n1)Cc1cccc(n1)C2. The van der Waals surface area contributed by atoms with Gasteiger partial charge in [-0.15, -0.1) is 6.07 Å². The summed E-state index contributed by atoms with van der Waals surface area (Å²) in [5.41, 5.74) is 41.0. The van der Waals surface area contributed by atoms with Gasteiger partial charge < -0.3 is 0 Å². The smallest absolute Gasteiger partial charge is 0.257 e. The molecule has 15 heteroatoms. The third-order valence-corrected chi connectivity index (χ3v) is 26.2. The molecule has 0 fully saturated rings. The molecule has 42 bridgehead atoms. The summed E-state index contributed by atoms with van der Waals surface area (Å²) in [6, 6.07) is 138. The van der Waals surface area contributed by atoms with Crippen molar-refractivity contribution in [1.82, 2.24) is 54.8 Å². The van der Waals surface area contributed by atoms with Crippen LogP contribution in [-0.4, -0.2) is 54.8 Å². The van der Waals surface area contributed by atoms with Gasteiger partial charge in [-0.2, -0.15) is 199 Å². The Morgan fingerprint density at radius 1 is 0.187 bits per heavy atom. The first kappa shape index (κ1) is 90.2. The summed E-state index contributed by atoms with van der Waals surface area (Å²) in [6.07, 6.45) is 15.4. The van der Waals surface area contributed by atoms with Crippen LogP contribution in [0.25, 0.3) is 5.69 Å². The van der Waals surface area contributed by atoms with Crippen molar-refractivity contribution in [2.75, 3.05) is 0 Å². The van der Waals surface area contributed by atoms with Gasteiger partial charge in [0.25, 0.3) is 0 Å². The van der Waals surface area contributed by atoms with Gasteiger partial charge in [-0.25, -0.2) is 0 Å². The van der Waals surface area contributed by atoms with Crippen LogP contribution in [0.15, 0.2) is 328 Å². The Bertz CT molecular complexity index is 6080. The Labute approximate surface area is 825 Å². The van der Waals surface area contributed by atoms with Crippen LogP contribution in [0.3, 0.4) is 0 Å². The molecule has 21 heterocycles. The average molecular weight is 2260 g/mol. The number of nitrogens with zero attached hydrogens (tertiary/aromatic N) is 12. The van der Waals surface area contributed by atoms with Crippen LogP contribution < -0.4 is 4.57 Å². The summed E-state index contributed by atoms with van der Waals surface area (Å²) in [6.45, 7) is 0. The van der Waals surface area contributed by atoms with Crippen molar-refractivity contribution < 1.29 is 64.9 Å². The third kappa shape index (κ3) is 21.5. The van der Waals surface area contributed by atoms with E-state index in [4.69, 9.17) is 54.8 Å². The molecule has 18 aromatic rings. The van der Waals surface area contributed by atoms with Crippen LogP contribution in [-0.2, 0) is 144 Å². The number of rotatable bonds is 0. The molecule has 0 aliphatic carbocycles. The monoisotopic (exact) mass is 2260 g/mol. The van der Waals surface area contributed by atoms with Crippen LogP contribution in [0.2, 0.25) is 0 Å². The molecule has 0 spiro atoms. The van der Waals surface area contributed by atoms with Crippen molar-refractivity contribution in [3.05, 3.63) is 562 Å². The standard InChI is InChI=1S/C44H35N3.C20H15N.C19H15N2.2C18H15N3.Ir.Os.Re/c1-7-28-19-20-37-41-15-4-13-39(45-41)36-23-21-35-31-10-2-9-30(26-31)34(29(8-1)25-28)22-24-38(42-16-5-14-40(36)46-42)44-18-6-17-43(37)47(44)33-12-3-11-32(35)27-33;1-4-15-10-16-5-2-7-18(12-16)14-20-9-3-8-19(21-20)13-17(6-1)11-15;1-4-14-10-15(5-1)12-17-7-3-9-19(21-17)13-18-8-2-6-16(11-14)20-18;2*1-4-13-10-15-6-2-8-17(20-15)12-18-9-3-7-16(21-18)11-14(5-1)19-13;;;/h1-18,34-38H,19-24H2;1-9H,10,13-14H2;1-9H,11-13H2;2*1-9H,10-12H2;;;/q2*-2;-1;;;+3;+2;. The molecule has 0 saturated carbocycles. The summed E-state index contributed by atoms with van der Waals surface area (Å²) in [7, 11) is 0. The maximum absolute atomic E-state index is 5.58. The van der Waals surface area contributed by atoms with Gasteiger partial charge in [0.2, 0.25) is 0 Å². The summed E-state index contributed by atoms with van der Waals surface area (Å²) in [5, 5.41) is 0. The number of hydrogen-bond acceptors (Lipinski definition) is 11. The fraction of sp³-hybridized carbons (Fsp3) is 0.193. The van der Waals surface area contributed by atoms with Crippen molar-refractivity contribution in [2.45, 2.75) is 145 Å². The number of aromatic nitrogens is 12. The first-order valence-corrected chi connectivity index (χ1v) is 46.2. The van der Waals surface area contributed by atoms with Crippen molar-refractivity contribution in [3.63, 3.8) is 0 Å². The maximum Gasteiger partial charge on any atom is 3.00 e. The molecular formula is C119H95IrN12OsRe. The van der Waals surface area contributed by atoms with Crippen LogP contribution in [0, 0.1) is 36.4 Å². The summed E-state index contributed by atoms with van der Waals surface area (Å²) in [5.74, 6) is 0.595. The van der Waals surface area contributed by atoms with Gasteiger partial charge in [0.05, 0.1) is 23.2 Å². The Morgan fingerprint density at radius 2 is 0.410 bits per heavy atom. The third-order valence-electron chi connectivity index (χ3n) is 26.2. The molecule has 12 nitrogen and oxygen atoms in total. The summed E-state index contributed by atoms with van der Waals surface area (Å²) >= 11 is 0. The zero-order valence-electron chi connectivity index (χ0n) is 74.2. The Morgan fingerprint density at radius 3 is 0.746 bits per heavy atom. The quantitative estimate of drug-likeness (QED) is 0.106. The van der Waals surface area contributed by atoms with Gasteiger partial charge in [0, 0.05) is 197 Å². The second-order valence-corrected chi connectivity index (χ2v) is 35.6. The van der Waals surface area contributed by atoms with Gasteiger partial charge in [-0.3, -0.25) is 54.8 Å². The van der Waals surface area contributed by atoms with Crippen LogP contribution in [0.1, 0.15) is 260 Å². The molecule has 27 rings (SSSR count). The molecule has 5 atom stereocenters. The summed E-state index contributed by atoms with van der Waals surface area (Å²) < 4.78 is 2.54. The van der Waals surface area contributed by atoms with E-state index in [1.165, 1.54) is 72.6 Å². The van der Waals surface area contributed by atoms with E-state index < -0.39 is 0 Å². The molecule has 9 aliphatic heterocycles. The first-order chi connectivity index (χ1) is 64.7. The van der Waals surface area contributed by atoms with E-state index >= 15 is 0 Å². The Hall–Kier alpha value is -12.9. The Kier molecular flexibility index (Phi) is 28.1. The second kappa shape index (κ2) is 41.7. The van der Waals surface area contributed by atoms with E-state index in [0.29, 0.717) is 0 Å². The molecule has 5 unspecified atom stereocenters. The predicted octanol–water partition coefficient (Wildman–Crippen LogP) is 21.7. The van der Waals surface area contributed by atoms with Gasteiger partial charge in [-0.05, 0) is 222 Å². The molecule has 0 saturated heterocycles. The number of fused-ring (bicyclic) bond motifs is 33. The first-order valence-electron chi connectivity index (χ1n) is 46.2. The zero-order valence-corrected chi connectivity index (χ0v) is 81.9. The van der Waals surface area contributed by atoms with Crippen LogP contribution >= 0.6 is 0 Å². The molecule has 9 aliphatic rings. The molecule has 134 heavy (non-hydrogen) atoms. The van der Waals surface area contributed by atoms with E-state index in [1.54, 1.807) is 0 Å². The molecule has 0 amide bonds. The molecule has 0 N–H and O–H groups in total. The number of hydrogen-bond donors (Lipinski definition) is 0. The van der Waals surface area contributed by atoms with E-state index in [0.717, 1.165) is 247 Å². The Balaban J connectivity index is 0.000000113. The second-order valence-electron chi connectivity index (χ2n) is 35.6. The summed E-state index contributed by atoms with van der Waals surface area (Å²) in [4.78, 5) is 53.8. The van der Waals surface area contributed by atoms with Gasteiger partial charge in [-0.1, -0.05) is 72.8 Å². The van der Waals surface area contributed by atoms with E-state index in [2.05, 4.69) is 369 Å². The molecule has 1 radical (unpaired) electrons. The average Bonchev–Trinajstić information content (AvgIpc) is 1.31. The molecular weight excluding hydrogens is 2170 g/mol. The predicted molar refractivity (Wildman–Crippen MR) is 509 cm³/mol. The van der Waals surface area contributed by atoms with E-state index in [9.17, 15) is 0 Å². The van der Waals surface area contributed by atoms with Gasteiger partial charge in [0.1, 0.15) is 5.69 Å². The van der Waals surface area contributed by atoms with E-state index in [-0.39, 0.29) is 89.9 Å². The molecule has 655 valence electrons. The molecule has 12 aromatic heterocycles. The topological polar surface area (TPSA) is 146 Å². The van der Waals surface area contributed by atoms with Gasteiger partial charge in [0.15, 0.2) is 11.4 Å². The number of aryl methyl sites for hydroxylation is 1. The van der Waals surface area contributed by atoms with Crippen molar-refractivity contribution in [3.8, 4) is 5.69 Å². The van der Waals surface area contributed by atoms with Crippen molar-refractivity contribution >= 4 is 0 Å². The molecule has 6 aromatic carbocycles. The van der Waals surface area contributed by atoms with Crippen molar-refractivity contribution in [2.24, 2.45) is 0 Å². The van der Waals surface area contributed by atoms with E-state index in [1.807, 2.05) is 0 Å². The minimum absolute atomic E-state index is 0.